The highest BCUT2D eigenvalue weighted by Crippen LogP contribution is 2.29. The first kappa shape index (κ1) is 28.4. The van der Waals surface area contributed by atoms with Crippen molar-refractivity contribution in [2.24, 2.45) is 0 Å². The second kappa shape index (κ2) is 13.5. The molecule has 0 atom stereocenters. The molecule has 0 aliphatic rings. The zero-order valence-corrected chi connectivity index (χ0v) is 23.5. The van der Waals surface area contributed by atoms with Crippen LogP contribution in [0.4, 0.5) is 11.4 Å². The molecule has 40 heavy (non-hydrogen) atoms. The number of benzene rings is 4. The van der Waals surface area contributed by atoms with Crippen LogP contribution in [0.5, 0.6) is 11.5 Å². The fraction of sp³-hybridized carbons (Fsp3) is 0.235. The second-order valence-corrected chi connectivity index (χ2v) is 9.71. The third kappa shape index (κ3) is 7.29. The second-order valence-electron chi connectivity index (χ2n) is 9.71. The molecule has 0 aromatic heterocycles. The van der Waals surface area contributed by atoms with Gasteiger partial charge in [-0.1, -0.05) is 26.0 Å². The Bertz CT molecular complexity index is 1350. The van der Waals surface area contributed by atoms with Gasteiger partial charge >= 0.3 is 0 Å². The third-order valence-corrected chi connectivity index (χ3v) is 6.46. The van der Waals surface area contributed by atoms with Crippen molar-refractivity contribution < 1.29 is 19.1 Å². The first-order chi connectivity index (χ1) is 19.4. The molecule has 0 unspecified atom stereocenters. The molecule has 4 aromatic rings. The Morgan fingerprint density at radius 3 is 1.27 bits per heavy atom. The Labute approximate surface area is 236 Å². The van der Waals surface area contributed by atoms with Crippen LogP contribution in [0, 0.1) is 13.8 Å². The van der Waals surface area contributed by atoms with E-state index in [0.29, 0.717) is 24.3 Å². The highest BCUT2D eigenvalue weighted by molar-refractivity contribution is 6.05. The summed E-state index contributed by atoms with van der Waals surface area (Å²) >= 11 is 0. The topological polar surface area (TPSA) is 76.7 Å². The molecule has 0 saturated carbocycles. The summed E-state index contributed by atoms with van der Waals surface area (Å²) in [4.78, 5) is 25.6. The number of carbonyl (C=O) groups excluding carboxylic acids is 2. The van der Waals surface area contributed by atoms with Crippen molar-refractivity contribution in [1.82, 2.24) is 0 Å². The lowest BCUT2D eigenvalue weighted by atomic mass is 9.99. The quantitative estimate of drug-likeness (QED) is 0.203. The van der Waals surface area contributed by atoms with Gasteiger partial charge in [0.05, 0.1) is 13.2 Å². The standard InChI is InChI=1S/C34H36N2O4/c1-5-19-39-29-13-7-25(8-14-29)33(37)35-31-17-11-27(21-23(31)3)28-12-18-32(24(4)22-28)36-34(38)26-9-15-30(16-10-26)40-20-6-2/h7-18,21-22H,5-6,19-20H2,1-4H3,(H,35,37)(H,36,38). The molecule has 2 amide bonds. The minimum atomic E-state index is -0.169. The van der Waals surface area contributed by atoms with Gasteiger partial charge in [0.2, 0.25) is 0 Å². The number of aryl methyl sites for hydroxylation is 2. The van der Waals surface area contributed by atoms with E-state index < -0.39 is 0 Å². The number of nitrogens with one attached hydrogen (secondary N) is 2. The van der Waals surface area contributed by atoms with E-state index in [1.54, 1.807) is 24.3 Å². The molecule has 0 fully saturated rings. The van der Waals surface area contributed by atoms with Gasteiger partial charge in [-0.3, -0.25) is 9.59 Å². The van der Waals surface area contributed by atoms with Gasteiger partial charge in [-0.2, -0.15) is 0 Å². The number of rotatable bonds is 11. The Kier molecular flexibility index (Phi) is 9.57. The number of amides is 2. The largest absolute Gasteiger partial charge is 0.494 e. The van der Waals surface area contributed by atoms with Crippen LogP contribution < -0.4 is 20.1 Å². The van der Waals surface area contributed by atoms with Crippen LogP contribution in [0.1, 0.15) is 58.5 Å². The zero-order valence-electron chi connectivity index (χ0n) is 23.5. The highest BCUT2D eigenvalue weighted by atomic mass is 16.5. The number of hydrogen-bond acceptors (Lipinski definition) is 4. The van der Waals surface area contributed by atoms with Gasteiger partial charge in [0.25, 0.3) is 11.8 Å². The zero-order chi connectivity index (χ0) is 28.5. The Morgan fingerprint density at radius 1 is 0.575 bits per heavy atom. The number of anilines is 2. The summed E-state index contributed by atoms with van der Waals surface area (Å²) in [7, 11) is 0. The van der Waals surface area contributed by atoms with Crippen molar-refractivity contribution in [1.29, 1.82) is 0 Å². The lowest BCUT2D eigenvalue weighted by molar-refractivity contribution is 0.101. The van der Waals surface area contributed by atoms with Crippen molar-refractivity contribution in [3.05, 3.63) is 107 Å². The highest BCUT2D eigenvalue weighted by Gasteiger charge is 2.12. The molecule has 0 saturated heterocycles. The maximum absolute atomic E-state index is 12.8. The summed E-state index contributed by atoms with van der Waals surface area (Å²) in [5, 5.41) is 6.01. The van der Waals surface area contributed by atoms with E-state index in [4.69, 9.17) is 9.47 Å². The first-order valence-electron chi connectivity index (χ1n) is 13.7. The maximum atomic E-state index is 12.8. The summed E-state index contributed by atoms with van der Waals surface area (Å²) in [6.45, 7) is 9.35. The van der Waals surface area contributed by atoms with Crippen molar-refractivity contribution in [2.75, 3.05) is 23.8 Å². The molecule has 0 aliphatic heterocycles. The number of hydrogen-bond donors (Lipinski definition) is 2. The molecular formula is C34H36N2O4. The fourth-order valence-electron chi connectivity index (χ4n) is 4.20. The van der Waals surface area contributed by atoms with Gasteiger partial charge in [-0.15, -0.1) is 0 Å². The van der Waals surface area contributed by atoms with Crippen LogP contribution in [0.15, 0.2) is 84.9 Å². The molecule has 4 aromatic carbocycles. The number of carbonyl (C=O) groups is 2. The van der Waals surface area contributed by atoms with Gasteiger partial charge in [-0.05, 0) is 122 Å². The molecule has 0 bridgehead atoms. The Morgan fingerprint density at radius 2 is 0.950 bits per heavy atom. The van der Waals surface area contributed by atoms with Crippen molar-refractivity contribution >= 4 is 23.2 Å². The summed E-state index contributed by atoms with van der Waals surface area (Å²) in [5.41, 5.74) is 6.61. The first-order valence-corrected chi connectivity index (χ1v) is 13.7. The minimum absolute atomic E-state index is 0.169. The van der Waals surface area contributed by atoms with Crippen molar-refractivity contribution in [2.45, 2.75) is 40.5 Å². The smallest absolute Gasteiger partial charge is 0.255 e. The number of ether oxygens (including phenoxy) is 2. The van der Waals surface area contributed by atoms with Gasteiger partial charge in [0.1, 0.15) is 11.5 Å². The molecule has 6 heteroatoms. The molecular weight excluding hydrogens is 500 g/mol. The van der Waals surface area contributed by atoms with E-state index in [-0.39, 0.29) is 11.8 Å². The van der Waals surface area contributed by atoms with E-state index >= 15 is 0 Å². The SMILES string of the molecule is CCCOc1ccc(C(=O)Nc2ccc(-c3ccc(NC(=O)c4ccc(OCCC)cc4)c(C)c3)cc2C)cc1. The molecule has 0 heterocycles. The predicted molar refractivity (Wildman–Crippen MR) is 162 cm³/mol. The molecule has 2 N–H and O–H groups in total. The van der Waals surface area contributed by atoms with Gasteiger partial charge in [0, 0.05) is 22.5 Å². The molecule has 4 rings (SSSR count). The normalized spacial score (nSPS) is 10.6. The summed E-state index contributed by atoms with van der Waals surface area (Å²) in [6.07, 6.45) is 1.87. The van der Waals surface area contributed by atoms with E-state index in [0.717, 1.165) is 58.0 Å². The van der Waals surface area contributed by atoms with Crippen LogP contribution in [-0.2, 0) is 0 Å². The Balaban J connectivity index is 1.40. The van der Waals surface area contributed by atoms with E-state index in [2.05, 4.69) is 24.5 Å². The van der Waals surface area contributed by atoms with E-state index in [1.807, 2.05) is 74.5 Å². The maximum Gasteiger partial charge on any atom is 0.255 e. The summed E-state index contributed by atoms with van der Waals surface area (Å²) in [6, 6.07) is 26.2. The molecule has 0 spiro atoms. The molecule has 206 valence electrons. The third-order valence-electron chi connectivity index (χ3n) is 6.46. The molecule has 0 aliphatic carbocycles. The van der Waals surface area contributed by atoms with Gasteiger partial charge in [0.15, 0.2) is 0 Å². The minimum Gasteiger partial charge on any atom is -0.494 e. The van der Waals surface area contributed by atoms with E-state index in [9.17, 15) is 9.59 Å². The fourth-order valence-corrected chi connectivity index (χ4v) is 4.20. The molecule has 0 radical (unpaired) electrons. The van der Waals surface area contributed by atoms with Crippen LogP contribution >= 0.6 is 0 Å². The van der Waals surface area contributed by atoms with Gasteiger partial charge < -0.3 is 20.1 Å². The van der Waals surface area contributed by atoms with Crippen molar-refractivity contribution in [3.8, 4) is 22.6 Å². The summed E-state index contributed by atoms with van der Waals surface area (Å²) in [5.74, 6) is 1.17. The van der Waals surface area contributed by atoms with Gasteiger partial charge in [-0.25, -0.2) is 0 Å². The Hall–Kier alpha value is -4.58. The van der Waals surface area contributed by atoms with Crippen LogP contribution in [-0.4, -0.2) is 25.0 Å². The van der Waals surface area contributed by atoms with Crippen molar-refractivity contribution in [3.63, 3.8) is 0 Å². The monoisotopic (exact) mass is 536 g/mol. The van der Waals surface area contributed by atoms with E-state index in [1.165, 1.54) is 0 Å². The van der Waals surface area contributed by atoms with Crippen LogP contribution in [0.3, 0.4) is 0 Å². The van der Waals surface area contributed by atoms with Crippen LogP contribution in [0.2, 0.25) is 0 Å². The average molecular weight is 537 g/mol. The average Bonchev–Trinajstić information content (AvgIpc) is 2.97. The lowest BCUT2D eigenvalue weighted by Crippen LogP contribution is -2.13. The predicted octanol–water partition coefficient (Wildman–Crippen LogP) is 8.05. The summed E-state index contributed by atoms with van der Waals surface area (Å²) < 4.78 is 11.2. The lowest BCUT2D eigenvalue weighted by Gasteiger charge is -2.13. The van der Waals surface area contributed by atoms with Crippen LogP contribution in [0.25, 0.3) is 11.1 Å². The molecule has 6 nitrogen and oxygen atoms in total.